The van der Waals surface area contributed by atoms with Crippen LogP contribution in [0.15, 0.2) is 48.5 Å². The molecule has 0 aliphatic carbocycles. The largest absolute Gasteiger partial charge is 0.497 e. The van der Waals surface area contributed by atoms with Gasteiger partial charge in [-0.1, -0.05) is 23.5 Å². The highest BCUT2D eigenvalue weighted by Crippen LogP contribution is 2.34. The molecule has 0 bridgehead atoms. The quantitative estimate of drug-likeness (QED) is 0.561. The van der Waals surface area contributed by atoms with E-state index >= 15 is 0 Å². The number of nitrogens with one attached hydrogen (secondary N) is 1. The van der Waals surface area contributed by atoms with E-state index in [1.807, 2.05) is 48.5 Å². The van der Waals surface area contributed by atoms with Gasteiger partial charge in [0.2, 0.25) is 16.9 Å². The standard InChI is InChI=1S/C23H24N4O4S/c1-30-18-8-3-15(4-9-18)5-12-20(28)24-23-26-25-22(32-23)16-13-21(29)27(14-16)17-6-10-19(31-2)11-7-17/h3-4,6-11,16H,5,12-14H2,1-2H3,(H,24,26,28)/t16-/m0/s1. The van der Waals surface area contributed by atoms with Gasteiger partial charge in [0.1, 0.15) is 16.5 Å². The lowest BCUT2D eigenvalue weighted by molar-refractivity contribution is -0.117. The molecular formula is C23H24N4O4S. The first-order valence-corrected chi connectivity index (χ1v) is 11.1. The van der Waals surface area contributed by atoms with Crippen molar-refractivity contribution in [1.82, 2.24) is 10.2 Å². The third-order valence-electron chi connectivity index (χ3n) is 5.35. The van der Waals surface area contributed by atoms with Crippen LogP contribution in [0.25, 0.3) is 0 Å². The highest BCUT2D eigenvalue weighted by molar-refractivity contribution is 7.15. The first kappa shape index (κ1) is 21.8. The van der Waals surface area contributed by atoms with Gasteiger partial charge in [0, 0.05) is 31.0 Å². The summed E-state index contributed by atoms with van der Waals surface area (Å²) in [6.07, 6.45) is 1.33. The number of methoxy groups -OCH3 is 2. The van der Waals surface area contributed by atoms with Crippen molar-refractivity contribution < 1.29 is 19.1 Å². The molecule has 0 unspecified atom stereocenters. The van der Waals surface area contributed by atoms with Crippen molar-refractivity contribution >= 4 is 34.0 Å². The predicted octanol–water partition coefficient (Wildman–Crippen LogP) is 3.65. The molecule has 1 atom stereocenters. The van der Waals surface area contributed by atoms with Crippen LogP contribution in [0.5, 0.6) is 11.5 Å². The van der Waals surface area contributed by atoms with Gasteiger partial charge in [0.15, 0.2) is 0 Å². The van der Waals surface area contributed by atoms with E-state index in [0.717, 1.165) is 27.8 Å². The molecule has 1 aromatic heterocycles. The minimum absolute atomic E-state index is 0.0421. The number of rotatable bonds is 8. The molecule has 1 saturated heterocycles. The summed E-state index contributed by atoms with van der Waals surface area (Å²) in [6, 6.07) is 15.1. The van der Waals surface area contributed by atoms with Crippen molar-refractivity contribution in [3.8, 4) is 11.5 Å². The molecule has 9 heteroatoms. The molecule has 2 amide bonds. The summed E-state index contributed by atoms with van der Waals surface area (Å²) < 4.78 is 10.3. The molecule has 0 radical (unpaired) electrons. The lowest BCUT2D eigenvalue weighted by atomic mass is 10.1. The molecule has 166 valence electrons. The SMILES string of the molecule is COc1ccc(CCC(=O)Nc2nnc([C@H]3CC(=O)N(c4ccc(OC)cc4)C3)s2)cc1. The van der Waals surface area contributed by atoms with E-state index < -0.39 is 0 Å². The smallest absolute Gasteiger partial charge is 0.227 e. The van der Waals surface area contributed by atoms with Gasteiger partial charge in [-0.15, -0.1) is 10.2 Å². The van der Waals surface area contributed by atoms with Crippen LogP contribution in [-0.4, -0.2) is 42.8 Å². The number of carbonyl (C=O) groups excluding carboxylic acids is 2. The number of ether oxygens (including phenoxy) is 2. The summed E-state index contributed by atoms with van der Waals surface area (Å²) in [4.78, 5) is 26.6. The monoisotopic (exact) mass is 452 g/mol. The molecule has 1 aliphatic rings. The normalized spacial score (nSPS) is 15.6. The van der Waals surface area contributed by atoms with Crippen LogP contribution in [0.2, 0.25) is 0 Å². The van der Waals surface area contributed by atoms with Gasteiger partial charge in [0.25, 0.3) is 0 Å². The van der Waals surface area contributed by atoms with Crippen LogP contribution < -0.4 is 19.7 Å². The summed E-state index contributed by atoms with van der Waals surface area (Å²) >= 11 is 1.32. The second-order valence-corrected chi connectivity index (χ2v) is 8.45. The summed E-state index contributed by atoms with van der Waals surface area (Å²) in [5, 5.41) is 12.3. The fourth-order valence-electron chi connectivity index (χ4n) is 3.57. The zero-order chi connectivity index (χ0) is 22.5. The Labute approximate surface area is 190 Å². The van der Waals surface area contributed by atoms with Crippen LogP contribution >= 0.6 is 11.3 Å². The highest BCUT2D eigenvalue weighted by Gasteiger charge is 2.34. The van der Waals surface area contributed by atoms with Crippen molar-refractivity contribution in [2.75, 3.05) is 31.0 Å². The van der Waals surface area contributed by atoms with Crippen molar-refractivity contribution in [2.24, 2.45) is 0 Å². The van der Waals surface area contributed by atoms with Crippen molar-refractivity contribution in [3.63, 3.8) is 0 Å². The summed E-state index contributed by atoms with van der Waals surface area (Å²) in [6.45, 7) is 0.533. The number of aryl methyl sites for hydroxylation is 1. The van der Waals surface area contributed by atoms with Gasteiger partial charge >= 0.3 is 0 Å². The van der Waals surface area contributed by atoms with E-state index in [9.17, 15) is 9.59 Å². The molecule has 1 N–H and O–H groups in total. The zero-order valence-electron chi connectivity index (χ0n) is 17.9. The number of hydrogen-bond donors (Lipinski definition) is 1. The van der Waals surface area contributed by atoms with E-state index in [0.29, 0.717) is 30.9 Å². The van der Waals surface area contributed by atoms with Crippen molar-refractivity contribution in [3.05, 3.63) is 59.1 Å². The van der Waals surface area contributed by atoms with Crippen LogP contribution in [0.4, 0.5) is 10.8 Å². The first-order valence-electron chi connectivity index (χ1n) is 10.3. The van der Waals surface area contributed by atoms with Crippen molar-refractivity contribution in [2.45, 2.75) is 25.2 Å². The minimum atomic E-state index is -0.120. The van der Waals surface area contributed by atoms with Gasteiger partial charge in [-0.25, -0.2) is 0 Å². The molecular weight excluding hydrogens is 428 g/mol. The molecule has 4 rings (SSSR count). The fraction of sp³-hybridized carbons (Fsp3) is 0.304. The topological polar surface area (TPSA) is 93.7 Å². The van der Waals surface area contributed by atoms with Crippen molar-refractivity contribution in [1.29, 1.82) is 0 Å². The van der Waals surface area contributed by atoms with E-state index in [4.69, 9.17) is 9.47 Å². The molecule has 0 spiro atoms. The first-order chi connectivity index (χ1) is 15.6. The Hall–Kier alpha value is -3.46. The Kier molecular flexibility index (Phi) is 6.65. The molecule has 1 fully saturated rings. The number of aromatic nitrogens is 2. The third kappa shape index (κ3) is 5.05. The molecule has 2 heterocycles. The molecule has 32 heavy (non-hydrogen) atoms. The highest BCUT2D eigenvalue weighted by atomic mass is 32.1. The number of nitrogens with zero attached hydrogens (tertiary/aromatic N) is 3. The van der Waals surface area contributed by atoms with Crippen LogP contribution in [0.1, 0.15) is 29.3 Å². The number of hydrogen-bond acceptors (Lipinski definition) is 7. The summed E-state index contributed by atoms with van der Waals surface area (Å²) in [5.41, 5.74) is 1.89. The van der Waals surface area contributed by atoms with Gasteiger partial charge < -0.3 is 19.7 Å². The predicted molar refractivity (Wildman–Crippen MR) is 123 cm³/mol. The fourth-order valence-corrected chi connectivity index (χ4v) is 4.42. The molecule has 1 aliphatic heterocycles. The van der Waals surface area contributed by atoms with E-state index in [-0.39, 0.29) is 17.7 Å². The van der Waals surface area contributed by atoms with Gasteiger partial charge in [-0.3, -0.25) is 9.59 Å². The molecule has 0 saturated carbocycles. The number of amides is 2. The zero-order valence-corrected chi connectivity index (χ0v) is 18.7. The maximum absolute atomic E-state index is 12.5. The average molecular weight is 453 g/mol. The molecule has 3 aromatic rings. The number of benzene rings is 2. The Morgan fingerprint density at radius 2 is 1.72 bits per heavy atom. The van der Waals surface area contributed by atoms with Gasteiger partial charge in [-0.2, -0.15) is 0 Å². The Balaban J connectivity index is 1.31. The Morgan fingerprint density at radius 3 is 2.38 bits per heavy atom. The van der Waals surface area contributed by atoms with Crippen LogP contribution in [-0.2, 0) is 16.0 Å². The Morgan fingerprint density at radius 1 is 1.06 bits per heavy atom. The Bertz CT molecular complexity index is 1080. The average Bonchev–Trinajstić information content (AvgIpc) is 3.44. The maximum Gasteiger partial charge on any atom is 0.227 e. The van der Waals surface area contributed by atoms with Crippen LogP contribution in [0.3, 0.4) is 0 Å². The van der Waals surface area contributed by atoms with E-state index in [1.165, 1.54) is 11.3 Å². The second kappa shape index (κ2) is 9.78. The third-order valence-corrected chi connectivity index (χ3v) is 6.35. The summed E-state index contributed by atoms with van der Waals surface area (Å²) in [7, 11) is 3.23. The maximum atomic E-state index is 12.5. The number of carbonyl (C=O) groups is 2. The van der Waals surface area contributed by atoms with Gasteiger partial charge in [-0.05, 0) is 48.4 Å². The lowest BCUT2D eigenvalue weighted by Crippen LogP contribution is -2.24. The minimum Gasteiger partial charge on any atom is -0.497 e. The van der Waals surface area contributed by atoms with Gasteiger partial charge in [0.05, 0.1) is 14.2 Å². The van der Waals surface area contributed by atoms with E-state index in [1.54, 1.807) is 19.1 Å². The molecule has 2 aromatic carbocycles. The second-order valence-electron chi connectivity index (χ2n) is 7.45. The van der Waals surface area contributed by atoms with E-state index in [2.05, 4.69) is 15.5 Å². The number of anilines is 2. The summed E-state index contributed by atoms with van der Waals surface area (Å²) in [5.74, 6) is 1.40. The molecule has 8 nitrogen and oxygen atoms in total. The lowest BCUT2D eigenvalue weighted by Gasteiger charge is -2.16. The van der Waals surface area contributed by atoms with Crippen LogP contribution in [0, 0.1) is 0 Å².